The van der Waals surface area contributed by atoms with Gasteiger partial charge in [0.2, 0.25) is 0 Å². The van der Waals surface area contributed by atoms with Gasteiger partial charge in [0.25, 0.3) is 0 Å². The molecular weight excluding hydrogens is 320 g/mol. The Labute approximate surface area is 149 Å². The second-order valence-corrected chi connectivity index (χ2v) is 6.75. The number of piperidine rings is 1. The van der Waals surface area contributed by atoms with Crippen LogP contribution in [0, 0.1) is 11.8 Å². The predicted molar refractivity (Wildman–Crippen MR) is 98.7 cm³/mol. The van der Waals surface area contributed by atoms with Crippen LogP contribution in [0.5, 0.6) is 0 Å². The van der Waals surface area contributed by atoms with Crippen LogP contribution in [0.2, 0.25) is 5.31 Å². The number of rotatable bonds is 8. The molecule has 1 atom stereocenters. The van der Waals surface area contributed by atoms with Crippen LogP contribution in [0.25, 0.3) is 0 Å². The molecule has 0 amide bonds. The average Bonchev–Trinajstić information content (AvgIpc) is 2.42. The molecule has 0 spiro atoms. The molecule has 1 aliphatic rings. The molecule has 0 saturated carbocycles. The first-order valence-corrected chi connectivity index (χ1v) is 8.14. The molecule has 1 saturated heterocycles. The molecule has 0 aromatic heterocycles. The third-order valence-corrected chi connectivity index (χ3v) is 4.68. The lowest BCUT2D eigenvalue weighted by molar-refractivity contribution is -0.143. The molecule has 1 N–H and O–H groups in total. The molecule has 2 radical (unpaired) electrons. The van der Waals surface area contributed by atoms with E-state index in [1.54, 1.807) is 0 Å². The first-order chi connectivity index (χ1) is 9.40. The Morgan fingerprint density at radius 3 is 2.27 bits per heavy atom. The minimum absolute atomic E-state index is 0. The number of hydrogen-bond donors (Lipinski definition) is 1. The van der Waals surface area contributed by atoms with E-state index in [1.807, 2.05) is 0 Å². The summed E-state index contributed by atoms with van der Waals surface area (Å²) in [5.41, 5.74) is 0. The van der Waals surface area contributed by atoms with Crippen LogP contribution in [0.15, 0.2) is 0 Å². The van der Waals surface area contributed by atoms with E-state index in [1.165, 1.54) is 6.42 Å². The Hall–Kier alpha value is 0.0749. The summed E-state index contributed by atoms with van der Waals surface area (Å²) in [4.78, 5) is 14.0. The van der Waals surface area contributed by atoms with E-state index in [4.69, 9.17) is 7.85 Å². The summed E-state index contributed by atoms with van der Waals surface area (Å²) in [6, 6.07) is 0. The summed E-state index contributed by atoms with van der Waals surface area (Å²) in [6.07, 6.45) is 5.56. The lowest BCUT2D eigenvalue weighted by atomic mass is 9.56. The lowest BCUT2D eigenvalue weighted by Gasteiger charge is -2.41. The fourth-order valence-electron chi connectivity index (χ4n) is 3.07. The van der Waals surface area contributed by atoms with E-state index in [9.17, 15) is 9.90 Å². The maximum absolute atomic E-state index is 11.6. The van der Waals surface area contributed by atoms with Gasteiger partial charge in [-0.3, -0.25) is 4.79 Å². The number of hydrogen-bond acceptors (Lipinski definition) is 2. The van der Waals surface area contributed by atoms with Crippen molar-refractivity contribution in [2.45, 2.75) is 64.6 Å². The molecule has 0 aromatic rings. The van der Waals surface area contributed by atoms with Gasteiger partial charge in [-0.15, -0.1) is 24.8 Å². The van der Waals surface area contributed by atoms with Gasteiger partial charge in [-0.2, -0.15) is 0 Å². The topological polar surface area (TPSA) is 40.5 Å². The van der Waals surface area contributed by atoms with Gasteiger partial charge in [0, 0.05) is 5.31 Å². The van der Waals surface area contributed by atoms with E-state index in [0.717, 1.165) is 51.2 Å². The van der Waals surface area contributed by atoms with Crippen LogP contribution >= 0.6 is 24.8 Å². The summed E-state index contributed by atoms with van der Waals surface area (Å²) in [5.74, 6) is 0.0401. The standard InChI is InChI=1S/C16H30BNO2.2ClH/c1-4-5-9-16(17,15(19)20)14-7-11-18(12-8-14)10-6-13(2)3;;/h13-14H,4-12H2,1-3H3,(H,19,20);2*1H. The highest BCUT2D eigenvalue weighted by Crippen LogP contribution is 2.43. The van der Waals surface area contributed by atoms with Gasteiger partial charge in [0.05, 0.1) is 7.85 Å². The van der Waals surface area contributed by atoms with Crippen LogP contribution in [-0.2, 0) is 4.79 Å². The second-order valence-electron chi connectivity index (χ2n) is 6.75. The minimum atomic E-state index is -1.01. The van der Waals surface area contributed by atoms with Crippen molar-refractivity contribution < 1.29 is 9.90 Å². The van der Waals surface area contributed by atoms with Gasteiger partial charge >= 0.3 is 5.97 Å². The van der Waals surface area contributed by atoms with E-state index >= 15 is 0 Å². The van der Waals surface area contributed by atoms with Crippen molar-refractivity contribution in [1.29, 1.82) is 0 Å². The summed E-state index contributed by atoms with van der Waals surface area (Å²) in [7, 11) is 6.25. The minimum Gasteiger partial charge on any atom is -0.481 e. The normalized spacial score (nSPS) is 19.1. The largest absolute Gasteiger partial charge is 0.481 e. The van der Waals surface area contributed by atoms with Crippen molar-refractivity contribution in [3.63, 3.8) is 0 Å². The van der Waals surface area contributed by atoms with Crippen molar-refractivity contribution >= 4 is 38.6 Å². The molecule has 1 heterocycles. The highest BCUT2D eigenvalue weighted by Gasteiger charge is 2.41. The molecule has 6 heteroatoms. The van der Waals surface area contributed by atoms with Crippen molar-refractivity contribution in [3.05, 3.63) is 0 Å². The zero-order chi connectivity index (χ0) is 15.2. The monoisotopic (exact) mass is 351 g/mol. The quantitative estimate of drug-likeness (QED) is 0.666. The number of carboxylic acids is 1. The van der Waals surface area contributed by atoms with Crippen molar-refractivity contribution in [2.24, 2.45) is 11.8 Å². The highest BCUT2D eigenvalue weighted by molar-refractivity contribution is 6.26. The average molecular weight is 352 g/mol. The maximum atomic E-state index is 11.6. The van der Waals surface area contributed by atoms with Crippen LogP contribution in [0.3, 0.4) is 0 Å². The summed E-state index contributed by atoms with van der Waals surface area (Å²) >= 11 is 0. The Bertz CT molecular complexity index is 311. The molecule has 1 fully saturated rings. The van der Waals surface area contributed by atoms with Crippen molar-refractivity contribution in [2.75, 3.05) is 19.6 Å². The van der Waals surface area contributed by atoms with Gasteiger partial charge in [-0.1, -0.05) is 33.6 Å². The predicted octanol–water partition coefficient (Wildman–Crippen LogP) is 4.19. The summed E-state index contributed by atoms with van der Waals surface area (Å²) in [5, 5.41) is 8.50. The fraction of sp³-hybridized carbons (Fsp3) is 0.938. The molecular formula is C16H32BCl2NO2. The highest BCUT2D eigenvalue weighted by atomic mass is 35.5. The third kappa shape index (κ3) is 7.10. The fourth-order valence-corrected chi connectivity index (χ4v) is 3.07. The number of carboxylic acid groups (broad SMARTS) is 1. The number of carbonyl (C=O) groups is 1. The molecule has 0 aromatic carbocycles. The third-order valence-electron chi connectivity index (χ3n) is 4.68. The Kier molecular flexibility index (Phi) is 12.8. The van der Waals surface area contributed by atoms with E-state index in [0.29, 0.717) is 6.42 Å². The molecule has 22 heavy (non-hydrogen) atoms. The van der Waals surface area contributed by atoms with Gasteiger partial charge in [0.1, 0.15) is 0 Å². The lowest BCUT2D eigenvalue weighted by Crippen LogP contribution is -2.42. The van der Waals surface area contributed by atoms with Gasteiger partial charge < -0.3 is 10.0 Å². The maximum Gasteiger partial charge on any atom is 0.300 e. The second kappa shape index (κ2) is 11.6. The molecule has 130 valence electrons. The summed E-state index contributed by atoms with van der Waals surface area (Å²) in [6.45, 7) is 9.69. The zero-order valence-corrected chi connectivity index (χ0v) is 15.8. The smallest absolute Gasteiger partial charge is 0.300 e. The molecule has 1 rings (SSSR count). The number of halogens is 2. The number of nitrogens with zero attached hydrogens (tertiary/aromatic N) is 1. The van der Waals surface area contributed by atoms with E-state index in [-0.39, 0.29) is 30.7 Å². The Morgan fingerprint density at radius 1 is 1.32 bits per heavy atom. The first-order valence-electron chi connectivity index (χ1n) is 8.14. The van der Waals surface area contributed by atoms with Crippen LogP contribution in [0.4, 0.5) is 0 Å². The van der Waals surface area contributed by atoms with Crippen molar-refractivity contribution in [3.8, 4) is 0 Å². The van der Waals surface area contributed by atoms with E-state index < -0.39 is 11.3 Å². The Morgan fingerprint density at radius 2 is 1.86 bits per heavy atom. The van der Waals surface area contributed by atoms with E-state index in [2.05, 4.69) is 25.7 Å². The number of likely N-dealkylation sites (tertiary alicyclic amines) is 1. The number of unbranched alkanes of at least 4 members (excludes halogenated alkanes) is 1. The van der Waals surface area contributed by atoms with Crippen LogP contribution in [0.1, 0.15) is 59.3 Å². The number of aliphatic carboxylic acids is 1. The molecule has 1 unspecified atom stereocenters. The zero-order valence-electron chi connectivity index (χ0n) is 14.2. The molecule has 0 aliphatic carbocycles. The van der Waals surface area contributed by atoms with Crippen LogP contribution in [-0.4, -0.2) is 43.5 Å². The SMILES string of the molecule is Cl.Cl.[B]C(CCCC)(C(=O)O)C1CCN(CCC(C)C)CC1. The van der Waals surface area contributed by atoms with Gasteiger partial charge in [0.15, 0.2) is 0 Å². The van der Waals surface area contributed by atoms with Gasteiger partial charge in [-0.25, -0.2) is 0 Å². The molecule has 1 aliphatic heterocycles. The molecule has 3 nitrogen and oxygen atoms in total. The van der Waals surface area contributed by atoms with Gasteiger partial charge in [-0.05, 0) is 57.2 Å². The first kappa shape index (κ1) is 24.3. The van der Waals surface area contributed by atoms with Crippen LogP contribution < -0.4 is 0 Å². The molecule has 0 bridgehead atoms. The Balaban J connectivity index is 0. The summed E-state index contributed by atoms with van der Waals surface area (Å²) < 4.78 is 0. The van der Waals surface area contributed by atoms with Crippen molar-refractivity contribution in [1.82, 2.24) is 4.90 Å².